The highest BCUT2D eigenvalue weighted by Crippen LogP contribution is 2.21. The predicted molar refractivity (Wildman–Crippen MR) is 90.6 cm³/mol. The van der Waals surface area contributed by atoms with Gasteiger partial charge in [0, 0.05) is 17.1 Å². The largest absolute Gasteiger partial charge is 0.288 e. The molecule has 0 amide bonds. The van der Waals surface area contributed by atoms with E-state index in [0.29, 0.717) is 11.3 Å². The van der Waals surface area contributed by atoms with E-state index >= 15 is 0 Å². The minimum atomic E-state index is -0.162. The van der Waals surface area contributed by atoms with Crippen molar-refractivity contribution < 1.29 is 4.79 Å². The monoisotopic (exact) mass is 315 g/mol. The minimum Gasteiger partial charge on any atom is -0.288 e. The molecular weight excluding hydrogens is 302 g/mol. The molecule has 0 spiro atoms. The Kier molecular flexibility index (Phi) is 3.35. The van der Waals surface area contributed by atoms with E-state index in [1.807, 2.05) is 25.1 Å². The topological polar surface area (TPSA) is 73.0 Å². The summed E-state index contributed by atoms with van der Waals surface area (Å²) in [6.45, 7) is 2.03. The molecule has 6 nitrogen and oxygen atoms in total. The second kappa shape index (κ2) is 5.66. The predicted octanol–water partition coefficient (Wildman–Crippen LogP) is 2.88. The fourth-order valence-corrected chi connectivity index (χ4v) is 2.63. The summed E-state index contributed by atoms with van der Waals surface area (Å²) in [5.41, 5.74) is 3.86. The van der Waals surface area contributed by atoms with Crippen LogP contribution in [0, 0.1) is 6.92 Å². The summed E-state index contributed by atoms with van der Waals surface area (Å²) in [6.07, 6.45) is 4.82. The molecule has 0 fully saturated rings. The normalized spacial score (nSPS) is 11.5. The van der Waals surface area contributed by atoms with Crippen molar-refractivity contribution in [1.82, 2.24) is 25.0 Å². The molecule has 0 aliphatic heterocycles. The zero-order valence-electron chi connectivity index (χ0n) is 12.9. The van der Waals surface area contributed by atoms with E-state index < -0.39 is 0 Å². The molecule has 6 heteroatoms. The van der Waals surface area contributed by atoms with E-state index in [-0.39, 0.29) is 5.78 Å². The number of carbonyl (C=O) groups is 1. The number of pyridine rings is 2. The van der Waals surface area contributed by atoms with Crippen LogP contribution in [0.5, 0.6) is 0 Å². The van der Waals surface area contributed by atoms with Gasteiger partial charge in [-0.15, -0.1) is 5.10 Å². The maximum absolute atomic E-state index is 12.2. The van der Waals surface area contributed by atoms with Crippen LogP contribution < -0.4 is 0 Å². The van der Waals surface area contributed by atoms with Gasteiger partial charge in [0.15, 0.2) is 5.65 Å². The van der Waals surface area contributed by atoms with Crippen LogP contribution in [0.4, 0.5) is 0 Å². The average molecular weight is 315 g/mol. The summed E-state index contributed by atoms with van der Waals surface area (Å²) in [7, 11) is 0. The van der Waals surface area contributed by atoms with Crippen molar-refractivity contribution in [3.8, 4) is 0 Å². The lowest BCUT2D eigenvalue weighted by atomic mass is 10.1. The van der Waals surface area contributed by atoms with Gasteiger partial charge in [0.05, 0.1) is 5.52 Å². The van der Waals surface area contributed by atoms with Crippen molar-refractivity contribution in [3.05, 3.63) is 71.6 Å². The van der Waals surface area contributed by atoms with Gasteiger partial charge in [0.2, 0.25) is 5.78 Å². The van der Waals surface area contributed by atoms with E-state index in [1.54, 1.807) is 35.0 Å². The number of benzene rings is 1. The number of rotatable bonds is 3. The molecule has 3 aromatic heterocycles. The molecule has 4 aromatic rings. The number of ketones is 1. The second-order valence-electron chi connectivity index (χ2n) is 5.49. The first-order valence-electron chi connectivity index (χ1n) is 7.47. The Morgan fingerprint density at radius 2 is 2.08 bits per heavy atom. The van der Waals surface area contributed by atoms with Crippen LogP contribution in [0.15, 0.2) is 54.7 Å². The number of fused-ring (bicyclic) bond motifs is 3. The first kappa shape index (κ1) is 14.2. The quantitative estimate of drug-likeness (QED) is 0.429. The van der Waals surface area contributed by atoms with Crippen molar-refractivity contribution in [1.29, 1.82) is 0 Å². The Balaban J connectivity index is 1.82. The summed E-state index contributed by atoms with van der Waals surface area (Å²) in [5.74, 6) is -0.162. The van der Waals surface area contributed by atoms with Gasteiger partial charge in [-0.2, -0.15) is 4.52 Å². The smallest absolute Gasteiger partial charge is 0.204 e. The molecule has 0 aliphatic rings. The maximum atomic E-state index is 12.2. The second-order valence-corrected chi connectivity index (χ2v) is 5.49. The molecule has 0 bridgehead atoms. The van der Waals surface area contributed by atoms with Gasteiger partial charge in [-0.25, -0.2) is 0 Å². The molecule has 4 rings (SSSR count). The number of nitrogens with zero attached hydrogens (tertiary/aromatic N) is 5. The molecular formula is C18H13N5O. The molecule has 0 saturated carbocycles. The third-order valence-electron chi connectivity index (χ3n) is 3.78. The van der Waals surface area contributed by atoms with E-state index in [4.69, 9.17) is 0 Å². The first-order valence-corrected chi connectivity index (χ1v) is 7.47. The Morgan fingerprint density at radius 3 is 2.92 bits per heavy atom. The van der Waals surface area contributed by atoms with Crippen molar-refractivity contribution in [3.63, 3.8) is 0 Å². The van der Waals surface area contributed by atoms with Gasteiger partial charge in [-0.3, -0.25) is 9.78 Å². The van der Waals surface area contributed by atoms with Crippen molar-refractivity contribution in [2.75, 3.05) is 0 Å². The Bertz CT molecular complexity index is 1080. The molecule has 116 valence electrons. The summed E-state index contributed by atoms with van der Waals surface area (Å²) in [6, 6.07) is 13.3. The van der Waals surface area contributed by atoms with Gasteiger partial charge in [0.25, 0.3) is 0 Å². The fraction of sp³-hybridized carbons (Fsp3) is 0.0556. The standard InChI is InChI=1S/C18H13N5O/c1-12-5-7-16-14(10-12)11-13(18-20-21-22-23(16)18)6-8-17(24)15-4-2-3-9-19-15/h2-11H,1H3/b8-6+. The number of hydrogen-bond acceptors (Lipinski definition) is 5. The number of carbonyl (C=O) groups excluding carboxylic acids is 1. The Hall–Kier alpha value is -3.41. The molecule has 0 unspecified atom stereocenters. The minimum absolute atomic E-state index is 0.162. The lowest BCUT2D eigenvalue weighted by molar-refractivity contribution is 0.104. The third kappa shape index (κ3) is 2.44. The number of allylic oxidation sites excluding steroid dienone is 1. The molecule has 3 heterocycles. The SMILES string of the molecule is Cc1ccc2c(c1)cc(/C=C/C(=O)c1ccccn1)c1nnnn12. The van der Waals surface area contributed by atoms with Crippen molar-refractivity contribution in [2.45, 2.75) is 6.92 Å². The highest BCUT2D eigenvalue weighted by atomic mass is 16.1. The number of tetrazole rings is 1. The summed E-state index contributed by atoms with van der Waals surface area (Å²) in [5, 5.41) is 12.9. The molecule has 0 radical (unpaired) electrons. The Labute approximate surface area is 137 Å². The molecule has 1 aromatic carbocycles. The first-order chi connectivity index (χ1) is 11.7. The number of hydrogen-bond donors (Lipinski definition) is 0. The lowest BCUT2D eigenvalue weighted by Crippen LogP contribution is -1.97. The van der Waals surface area contributed by atoms with E-state index in [0.717, 1.165) is 22.0 Å². The lowest BCUT2D eigenvalue weighted by Gasteiger charge is -2.04. The van der Waals surface area contributed by atoms with Crippen LogP contribution in [0.2, 0.25) is 0 Å². The van der Waals surface area contributed by atoms with Crippen LogP contribution in [-0.2, 0) is 0 Å². The maximum Gasteiger partial charge on any atom is 0.204 e. The Morgan fingerprint density at radius 1 is 1.17 bits per heavy atom. The molecule has 0 aliphatic carbocycles. The van der Waals surface area contributed by atoms with Crippen molar-refractivity contribution >= 4 is 28.4 Å². The summed E-state index contributed by atoms with van der Waals surface area (Å²) >= 11 is 0. The molecule has 0 atom stereocenters. The van der Waals surface area contributed by atoms with Crippen LogP contribution in [0.25, 0.3) is 22.6 Å². The van der Waals surface area contributed by atoms with Crippen molar-refractivity contribution in [2.24, 2.45) is 0 Å². The van der Waals surface area contributed by atoms with Crippen LogP contribution >= 0.6 is 0 Å². The number of aryl methyl sites for hydroxylation is 1. The highest BCUT2D eigenvalue weighted by Gasteiger charge is 2.09. The molecule has 0 saturated heterocycles. The van der Waals surface area contributed by atoms with Gasteiger partial charge < -0.3 is 0 Å². The van der Waals surface area contributed by atoms with Gasteiger partial charge in [-0.05, 0) is 59.8 Å². The summed E-state index contributed by atoms with van der Waals surface area (Å²) < 4.78 is 1.68. The molecule has 24 heavy (non-hydrogen) atoms. The third-order valence-corrected chi connectivity index (χ3v) is 3.78. The van der Waals surface area contributed by atoms with Crippen LogP contribution in [0.3, 0.4) is 0 Å². The molecule has 0 N–H and O–H groups in total. The van der Waals surface area contributed by atoms with E-state index in [1.165, 1.54) is 6.08 Å². The fourth-order valence-electron chi connectivity index (χ4n) is 2.63. The number of aromatic nitrogens is 5. The van der Waals surface area contributed by atoms with Gasteiger partial charge >= 0.3 is 0 Å². The summed E-state index contributed by atoms with van der Waals surface area (Å²) in [4.78, 5) is 16.3. The van der Waals surface area contributed by atoms with E-state index in [2.05, 4.69) is 26.6 Å². The van der Waals surface area contributed by atoms with Crippen LogP contribution in [-0.4, -0.2) is 30.8 Å². The van der Waals surface area contributed by atoms with Gasteiger partial charge in [0.1, 0.15) is 5.69 Å². The zero-order chi connectivity index (χ0) is 16.5. The zero-order valence-corrected chi connectivity index (χ0v) is 12.9. The van der Waals surface area contributed by atoms with Crippen LogP contribution in [0.1, 0.15) is 21.6 Å². The van der Waals surface area contributed by atoms with Gasteiger partial charge in [-0.1, -0.05) is 17.7 Å². The highest BCUT2D eigenvalue weighted by molar-refractivity contribution is 6.06. The average Bonchev–Trinajstić information content (AvgIpc) is 3.10. The van der Waals surface area contributed by atoms with E-state index in [9.17, 15) is 4.79 Å².